The number of hydrogen-bond acceptors (Lipinski definition) is 2. The molecule has 9 aromatic carbocycles. The molecule has 0 radical (unpaired) electrons. The average Bonchev–Trinajstić information content (AvgIpc) is 4.30. The Labute approximate surface area is 404 Å². The number of fused-ring (bicyclic) bond motifs is 12. The fraction of sp³-hybridized carbons (Fsp3) is 0.129. The second-order valence-corrected chi connectivity index (χ2v) is 19.1. The molecule has 0 spiro atoms. The lowest BCUT2D eigenvalue weighted by Gasteiger charge is -2.27. The van der Waals surface area contributed by atoms with Crippen molar-refractivity contribution in [3.8, 4) is 0 Å². The fourth-order valence-electron chi connectivity index (χ4n) is 9.93. The lowest BCUT2D eigenvalue weighted by atomic mass is 9.87. The summed E-state index contributed by atoms with van der Waals surface area (Å²) >= 11 is 0. The lowest BCUT2D eigenvalue weighted by Crippen LogP contribution is -2.13. The van der Waals surface area contributed by atoms with Crippen LogP contribution in [0.4, 0.5) is 34.1 Å². The lowest BCUT2D eigenvalue weighted by molar-refractivity contribution is 0.590. The Morgan fingerprint density at radius 2 is 0.712 bits per heavy atom. The van der Waals surface area contributed by atoms with Crippen molar-refractivity contribution in [2.75, 3.05) is 9.80 Å². The van der Waals surface area contributed by atoms with Crippen LogP contribution in [0, 0.1) is 0 Å². The summed E-state index contributed by atoms with van der Waals surface area (Å²) in [7, 11) is 0. The smallest absolute Gasteiger partial charge is 0.0653 e. The molecular weight excluding hydrogens is 801 g/mol. The molecule has 0 unspecified atom stereocenters. The van der Waals surface area contributed by atoms with Crippen LogP contribution in [0.2, 0.25) is 0 Å². The largest absolute Gasteiger partial charge is 0.310 e. The predicted molar refractivity (Wildman–Crippen MR) is 283 cm³/mol. The van der Waals surface area contributed by atoms with Gasteiger partial charge in [-0.2, -0.15) is 0 Å². The summed E-state index contributed by atoms with van der Waals surface area (Å²) in [6.45, 7) is 12.6. The van der Waals surface area contributed by atoms with Crippen LogP contribution in [0.15, 0.2) is 194 Å². The highest BCUT2D eigenvalue weighted by Gasteiger charge is 2.27. The summed E-state index contributed by atoms with van der Waals surface area (Å²) in [4.78, 5) is 3.57. The molecule has 0 amide bonds. The molecule has 0 atom stereocenters. The van der Waals surface area contributed by atoms with E-state index in [2.05, 4.69) is 41.5 Å². The van der Waals surface area contributed by atoms with Gasteiger partial charge < -0.3 is 18.6 Å². The molecule has 13 aromatic rings. The normalized spacial score (nSPS) is 15.7. The quantitative estimate of drug-likeness (QED) is 0.165. The molecule has 0 saturated carbocycles. The second kappa shape index (κ2) is 13.8. The summed E-state index contributed by atoms with van der Waals surface area (Å²) in [5, 5.41) is 0.354. The van der Waals surface area contributed by atoms with E-state index in [1.165, 1.54) is 8.80 Å². The monoisotopic (exact) mass is 864 g/mol. The van der Waals surface area contributed by atoms with E-state index >= 15 is 0 Å². The Morgan fingerprint density at radius 1 is 0.364 bits per heavy atom. The van der Waals surface area contributed by atoms with Crippen molar-refractivity contribution in [3.05, 3.63) is 205 Å². The highest BCUT2D eigenvalue weighted by Crippen LogP contribution is 2.50. The Bertz CT molecular complexity index is 4500. The standard InChI is InChI=1S/C62H50N4/c1-61(2,3)39-29-33-43(34-30-39)63(41-17-9-7-10-18-41)51-25-15-27-53-57(51)47-23-13-21-45-49-38-56-50(37-55(49)65(53)59(45)47)46-22-14-24-48-58-52(26-16-28-54(58)66(56)60(46)48)64(42-19-11-8-12-20-42)44-35-31-40(32-36-44)62(4,5)6/h7-38H,1-6H3/i13D,14D,15D,16D,21D,22D,23D,24D,25D,26D,27D,28D,37D,38D. The van der Waals surface area contributed by atoms with Gasteiger partial charge in [0.2, 0.25) is 0 Å². The van der Waals surface area contributed by atoms with Crippen LogP contribution in [0.5, 0.6) is 0 Å². The summed E-state index contributed by atoms with van der Waals surface area (Å²) in [6.07, 6.45) is 0. The Hall–Kier alpha value is -7.82. The maximum absolute atomic E-state index is 10.5. The highest BCUT2D eigenvalue weighted by molar-refractivity contribution is 6.31. The zero-order valence-corrected chi connectivity index (χ0v) is 37.2. The third-order valence-corrected chi connectivity index (χ3v) is 13.1. The minimum absolute atomic E-state index is 0.00646. The zero-order valence-electron chi connectivity index (χ0n) is 51.2. The minimum atomic E-state index is -0.523. The molecule has 0 N–H and O–H groups in total. The third-order valence-electron chi connectivity index (χ3n) is 13.1. The number of aromatic nitrogens is 2. The number of rotatable bonds is 6. The van der Waals surface area contributed by atoms with Gasteiger partial charge in [0.1, 0.15) is 0 Å². The van der Waals surface area contributed by atoms with Gasteiger partial charge in [-0.3, -0.25) is 0 Å². The number of benzene rings is 9. The van der Waals surface area contributed by atoms with Gasteiger partial charge in [0.05, 0.1) is 63.7 Å². The maximum Gasteiger partial charge on any atom is 0.0653 e. The molecule has 0 fully saturated rings. The van der Waals surface area contributed by atoms with Crippen molar-refractivity contribution in [1.82, 2.24) is 8.80 Å². The van der Waals surface area contributed by atoms with Crippen LogP contribution in [-0.2, 0) is 10.8 Å². The van der Waals surface area contributed by atoms with E-state index in [9.17, 15) is 19.2 Å². The topological polar surface area (TPSA) is 15.3 Å². The molecule has 0 bridgehead atoms. The Balaban J connectivity index is 1.23. The molecule has 318 valence electrons. The maximum atomic E-state index is 10.5. The molecule has 66 heavy (non-hydrogen) atoms. The van der Waals surface area contributed by atoms with Gasteiger partial charge in [0, 0.05) is 65.8 Å². The molecular formula is C62H50N4. The van der Waals surface area contributed by atoms with E-state index in [0.29, 0.717) is 22.7 Å². The van der Waals surface area contributed by atoms with Gasteiger partial charge in [-0.25, -0.2) is 0 Å². The number of anilines is 6. The first-order valence-corrected chi connectivity index (χ1v) is 22.1. The van der Waals surface area contributed by atoms with Gasteiger partial charge in [-0.15, -0.1) is 0 Å². The SMILES string of the molecule is [2H]c1c([2H])c([2H])c2c(c1N(c1ccccc1)c1ccc(C(C)(C)C)cc1)c1c([2H])c([2H])c([2H])c3c4c([2H])c5c(c([2H])c4n2c13)c1c([2H])c([2H])c([2H])c2c3c(N(c4ccccc4)c4ccc(C(C)(C)C)cc4)c([2H])c([2H])c([2H])c3n5c21. The Morgan fingerprint density at radius 3 is 1.09 bits per heavy atom. The predicted octanol–water partition coefficient (Wildman–Crippen LogP) is 17.5. The van der Waals surface area contributed by atoms with E-state index in [4.69, 9.17) is 0 Å². The molecule has 13 rings (SSSR count). The molecule has 0 aliphatic heterocycles. The van der Waals surface area contributed by atoms with Gasteiger partial charge in [-0.05, 0) is 107 Å². The molecule has 0 aliphatic rings. The van der Waals surface area contributed by atoms with E-state index in [1.54, 1.807) is 9.80 Å². The molecule has 4 nitrogen and oxygen atoms in total. The molecule has 4 heterocycles. The number of nitrogens with zero attached hydrogens (tertiary/aromatic N) is 4. The van der Waals surface area contributed by atoms with Crippen molar-refractivity contribution in [3.63, 3.8) is 0 Å². The van der Waals surface area contributed by atoms with Crippen LogP contribution >= 0.6 is 0 Å². The highest BCUT2D eigenvalue weighted by atomic mass is 15.2. The molecule has 4 aromatic heterocycles. The molecule has 4 heteroatoms. The van der Waals surface area contributed by atoms with E-state index in [0.717, 1.165) is 11.1 Å². The number of para-hydroxylation sites is 4. The molecule has 0 saturated heterocycles. The van der Waals surface area contributed by atoms with Crippen molar-refractivity contribution >= 4 is 110 Å². The summed E-state index contributed by atoms with van der Waals surface area (Å²) in [5.74, 6) is 0. The second-order valence-electron chi connectivity index (χ2n) is 19.1. The summed E-state index contributed by atoms with van der Waals surface area (Å²) in [6, 6.07) is 28.0. The van der Waals surface area contributed by atoms with Gasteiger partial charge >= 0.3 is 0 Å². The molecule has 0 aliphatic carbocycles. The fourth-order valence-corrected chi connectivity index (χ4v) is 9.93. The van der Waals surface area contributed by atoms with E-state index in [-0.39, 0.29) is 123 Å². The Kier molecular flexibility index (Phi) is 5.63. The summed E-state index contributed by atoms with van der Waals surface area (Å²) in [5.41, 5.74) is 4.40. The van der Waals surface area contributed by atoms with Crippen molar-refractivity contribution in [2.45, 2.75) is 52.4 Å². The minimum Gasteiger partial charge on any atom is -0.310 e. The first-order chi connectivity index (χ1) is 37.9. The van der Waals surface area contributed by atoms with Gasteiger partial charge in [0.25, 0.3) is 0 Å². The zero-order chi connectivity index (χ0) is 56.8. The van der Waals surface area contributed by atoms with Crippen LogP contribution < -0.4 is 9.80 Å². The first kappa shape index (κ1) is 26.8. The van der Waals surface area contributed by atoms with Crippen molar-refractivity contribution < 1.29 is 19.2 Å². The van der Waals surface area contributed by atoms with Crippen LogP contribution in [0.3, 0.4) is 0 Å². The van der Waals surface area contributed by atoms with Crippen LogP contribution in [0.1, 0.15) is 71.9 Å². The number of hydrogen-bond donors (Lipinski definition) is 0. The van der Waals surface area contributed by atoms with Crippen LogP contribution in [-0.4, -0.2) is 8.80 Å². The van der Waals surface area contributed by atoms with Gasteiger partial charge in [-0.1, -0.05) is 151 Å². The van der Waals surface area contributed by atoms with E-state index < -0.39 is 60.4 Å². The van der Waals surface area contributed by atoms with Gasteiger partial charge in [0.15, 0.2) is 0 Å². The summed E-state index contributed by atoms with van der Waals surface area (Å²) < 4.78 is 140. The van der Waals surface area contributed by atoms with E-state index in [1.807, 2.05) is 109 Å². The van der Waals surface area contributed by atoms with Crippen molar-refractivity contribution in [2.24, 2.45) is 0 Å². The van der Waals surface area contributed by atoms with Crippen LogP contribution in [0.25, 0.3) is 76.2 Å². The average molecular weight is 865 g/mol. The van der Waals surface area contributed by atoms with Crippen molar-refractivity contribution in [1.29, 1.82) is 0 Å². The third kappa shape index (κ3) is 5.51. The first-order valence-electron chi connectivity index (χ1n) is 29.1.